The van der Waals surface area contributed by atoms with Crippen molar-refractivity contribution in [2.75, 3.05) is 20.2 Å². The minimum Gasteiger partial charge on any atom is -0.497 e. The number of rotatable bonds is 5. The Morgan fingerprint density at radius 3 is 2.47 bits per heavy atom. The minimum absolute atomic E-state index is 0.152. The standard InChI is InChI=1S/C15H20N2O2/c1-19-13-6-4-11(5-7-13)14(10-2-3-10)17-15(18)12-8-16-9-12/h4-7,10,12,14,16H,2-3,8-9H2,1H3,(H,17,18). The number of hydrogen-bond donors (Lipinski definition) is 2. The lowest BCUT2D eigenvalue weighted by atomic mass is 9.98. The number of benzene rings is 1. The maximum Gasteiger partial charge on any atom is 0.226 e. The molecule has 2 aliphatic rings. The zero-order chi connectivity index (χ0) is 13.2. The summed E-state index contributed by atoms with van der Waals surface area (Å²) < 4.78 is 5.18. The maximum atomic E-state index is 12.1. The van der Waals surface area contributed by atoms with Crippen molar-refractivity contribution in [3.63, 3.8) is 0 Å². The third-order valence-corrected chi connectivity index (χ3v) is 4.02. The van der Waals surface area contributed by atoms with Gasteiger partial charge in [-0.3, -0.25) is 4.79 Å². The van der Waals surface area contributed by atoms with E-state index in [9.17, 15) is 4.79 Å². The van der Waals surface area contributed by atoms with Gasteiger partial charge in [0.1, 0.15) is 5.75 Å². The predicted octanol–water partition coefficient (Wildman–Crippen LogP) is 1.48. The number of carbonyl (C=O) groups excluding carboxylic acids is 1. The van der Waals surface area contributed by atoms with E-state index >= 15 is 0 Å². The van der Waals surface area contributed by atoms with Gasteiger partial charge in [-0.15, -0.1) is 0 Å². The Bertz CT molecular complexity index is 450. The predicted molar refractivity (Wildman–Crippen MR) is 73.0 cm³/mol. The molecule has 2 fully saturated rings. The van der Waals surface area contributed by atoms with Gasteiger partial charge in [-0.25, -0.2) is 0 Å². The summed E-state index contributed by atoms with van der Waals surface area (Å²) in [6.45, 7) is 1.62. The highest BCUT2D eigenvalue weighted by Crippen LogP contribution is 2.41. The SMILES string of the molecule is COc1ccc(C(NC(=O)C2CNC2)C2CC2)cc1. The molecule has 3 rings (SSSR count). The normalized spacial score (nSPS) is 20.5. The van der Waals surface area contributed by atoms with Crippen LogP contribution in [0.25, 0.3) is 0 Å². The van der Waals surface area contributed by atoms with E-state index in [1.165, 1.54) is 18.4 Å². The Balaban J connectivity index is 1.70. The Hall–Kier alpha value is -1.55. The van der Waals surface area contributed by atoms with Crippen molar-refractivity contribution in [1.82, 2.24) is 10.6 Å². The lowest BCUT2D eigenvalue weighted by molar-refractivity contribution is -0.127. The molecule has 4 nitrogen and oxygen atoms in total. The highest BCUT2D eigenvalue weighted by molar-refractivity contribution is 5.80. The summed E-state index contributed by atoms with van der Waals surface area (Å²) in [7, 11) is 1.67. The molecule has 0 radical (unpaired) electrons. The van der Waals surface area contributed by atoms with Crippen LogP contribution >= 0.6 is 0 Å². The number of nitrogens with one attached hydrogen (secondary N) is 2. The molecule has 2 N–H and O–H groups in total. The average molecular weight is 260 g/mol. The lowest BCUT2D eigenvalue weighted by Gasteiger charge is -2.28. The van der Waals surface area contributed by atoms with Gasteiger partial charge in [-0.1, -0.05) is 12.1 Å². The molecule has 1 aromatic carbocycles. The quantitative estimate of drug-likeness (QED) is 0.843. The molecule has 0 spiro atoms. The summed E-state index contributed by atoms with van der Waals surface area (Å²) in [4.78, 5) is 12.1. The van der Waals surface area contributed by atoms with E-state index in [4.69, 9.17) is 4.74 Å². The van der Waals surface area contributed by atoms with Gasteiger partial charge in [0, 0.05) is 13.1 Å². The summed E-state index contributed by atoms with van der Waals surface area (Å²) in [6, 6.07) is 8.20. The molecule has 1 aliphatic carbocycles. The van der Waals surface area contributed by atoms with Crippen LogP contribution in [0.1, 0.15) is 24.4 Å². The average Bonchev–Trinajstić information content (AvgIpc) is 3.18. The summed E-state index contributed by atoms with van der Waals surface area (Å²) in [5.41, 5.74) is 1.18. The van der Waals surface area contributed by atoms with Crippen molar-refractivity contribution in [2.45, 2.75) is 18.9 Å². The fourth-order valence-electron chi connectivity index (χ4n) is 2.46. The molecule has 1 unspecified atom stereocenters. The van der Waals surface area contributed by atoms with Gasteiger partial charge in [-0.2, -0.15) is 0 Å². The second-order valence-electron chi connectivity index (χ2n) is 5.45. The zero-order valence-electron chi connectivity index (χ0n) is 11.2. The maximum absolute atomic E-state index is 12.1. The van der Waals surface area contributed by atoms with Crippen LogP contribution in [0, 0.1) is 11.8 Å². The number of hydrogen-bond acceptors (Lipinski definition) is 3. The molecule has 1 saturated heterocycles. The fraction of sp³-hybridized carbons (Fsp3) is 0.533. The van der Waals surface area contributed by atoms with Crippen LogP contribution in [0.3, 0.4) is 0 Å². The Morgan fingerprint density at radius 1 is 1.32 bits per heavy atom. The van der Waals surface area contributed by atoms with Crippen LogP contribution in [0.5, 0.6) is 5.75 Å². The minimum atomic E-state index is 0.152. The summed E-state index contributed by atoms with van der Waals surface area (Å²) in [6.07, 6.45) is 2.42. The molecule has 1 aromatic rings. The van der Waals surface area contributed by atoms with E-state index in [1.54, 1.807) is 7.11 Å². The molecule has 4 heteroatoms. The lowest BCUT2D eigenvalue weighted by Crippen LogP contribution is -2.51. The highest BCUT2D eigenvalue weighted by atomic mass is 16.5. The van der Waals surface area contributed by atoms with E-state index in [2.05, 4.69) is 22.8 Å². The summed E-state index contributed by atoms with van der Waals surface area (Å²) >= 11 is 0. The van der Waals surface area contributed by atoms with Crippen LogP contribution in [0.2, 0.25) is 0 Å². The van der Waals surface area contributed by atoms with Crippen molar-refractivity contribution in [2.24, 2.45) is 11.8 Å². The Kier molecular flexibility index (Phi) is 3.42. The second-order valence-corrected chi connectivity index (χ2v) is 5.45. The first-order chi connectivity index (χ1) is 9.28. The molecular formula is C15H20N2O2. The van der Waals surface area contributed by atoms with E-state index < -0.39 is 0 Å². The topological polar surface area (TPSA) is 50.4 Å². The zero-order valence-corrected chi connectivity index (χ0v) is 11.2. The van der Waals surface area contributed by atoms with E-state index in [1.807, 2.05) is 12.1 Å². The van der Waals surface area contributed by atoms with E-state index in [0.29, 0.717) is 5.92 Å². The van der Waals surface area contributed by atoms with Crippen LogP contribution in [-0.2, 0) is 4.79 Å². The van der Waals surface area contributed by atoms with Gasteiger partial charge in [0.2, 0.25) is 5.91 Å². The van der Waals surface area contributed by atoms with Gasteiger partial charge in [0.15, 0.2) is 0 Å². The van der Waals surface area contributed by atoms with Crippen LogP contribution in [0.15, 0.2) is 24.3 Å². The number of carbonyl (C=O) groups is 1. The first kappa shape index (κ1) is 12.5. The molecule has 0 aromatic heterocycles. The van der Waals surface area contributed by atoms with Crippen molar-refractivity contribution < 1.29 is 9.53 Å². The monoisotopic (exact) mass is 260 g/mol. The van der Waals surface area contributed by atoms with Gasteiger partial charge in [0.05, 0.1) is 19.1 Å². The van der Waals surface area contributed by atoms with Crippen molar-refractivity contribution in [3.05, 3.63) is 29.8 Å². The van der Waals surface area contributed by atoms with Crippen molar-refractivity contribution in [3.8, 4) is 5.75 Å². The molecule has 0 bridgehead atoms. The molecular weight excluding hydrogens is 240 g/mol. The molecule has 1 aliphatic heterocycles. The van der Waals surface area contributed by atoms with Gasteiger partial charge < -0.3 is 15.4 Å². The second kappa shape index (κ2) is 5.21. The highest BCUT2D eigenvalue weighted by Gasteiger charge is 2.35. The number of ether oxygens (including phenoxy) is 1. The summed E-state index contributed by atoms with van der Waals surface area (Å²) in [5, 5.41) is 6.35. The molecule has 1 heterocycles. The summed E-state index contributed by atoms with van der Waals surface area (Å²) in [5.74, 6) is 1.80. The van der Waals surface area contributed by atoms with Gasteiger partial charge >= 0.3 is 0 Å². The van der Waals surface area contributed by atoms with E-state index in [0.717, 1.165) is 18.8 Å². The number of amides is 1. The third kappa shape index (κ3) is 2.73. The molecule has 1 atom stereocenters. The van der Waals surface area contributed by atoms with Gasteiger partial charge in [-0.05, 0) is 36.5 Å². The molecule has 1 amide bonds. The molecule has 102 valence electrons. The Morgan fingerprint density at radius 2 is 2.00 bits per heavy atom. The fourth-order valence-corrected chi connectivity index (χ4v) is 2.46. The molecule has 19 heavy (non-hydrogen) atoms. The first-order valence-corrected chi connectivity index (χ1v) is 6.93. The van der Waals surface area contributed by atoms with Crippen molar-refractivity contribution in [1.29, 1.82) is 0 Å². The van der Waals surface area contributed by atoms with Crippen LogP contribution in [-0.4, -0.2) is 26.1 Å². The largest absolute Gasteiger partial charge is 0.497 e. The first-order valence-electron chi connectivity index (χ1n) is 6.93. The van der Waals surface area contributed by atoms with Crippen LogP contribution in [0.4, 0.5) is 0 Å². The number of methoxy groups -OCH3 is 1. The van der Waals surface area contributed by atoms with Crippen molar-refractivity contribution >= 4 is 5.91 Å². The van der Waals surface area contributed by atoms with E-state index in [-0.39, 0.29) is 17.9 Å². The molecule has 1 saturated carbocycles. The third-order valence-electron chi connectivity index (χ3n) is 4.02. The van der Waals surface area contributed by atoms with Crippen LogP contribution < -0.4 is 15.4 Å². The van der Waals surface area contributed by atoms with Gasteiger partial charge in [0.25, 0.3) is 0 Å². The smallest absolute Gasteiger partial charge is 0.226 e. The Labute approximate surface area is 113 Å².